The van der Waals surface area contributed by atoms with Gasteiger partial charge in [0.15, 0.2) is 5.69 Å². The molecule has 2 aromatic heterocycles. The molecule has 3 nitrogen and oxygen atoms in total. The molecular formula is C21H15N3S. The smallest absolute Gasteiger partial charge is 0.152 e. The third-order valence-corrected chi connectivity index (χ3v) is 4.96. The predicted molar refractivity (Wildman–Crippen MR) is 102 cm³/mol. The van der Waals surface area contributed by atoms with Gasteiger partial charge in [-0.2, -0.15) is 10.4 Å². The van der Waals surface area contributed by atoms with E-state index in [1.54, 1.807) is 16.0 Å². The van der Waals surface area contributed by atoms with Gasteiger partial charge in [0, 0.05) is 5.56 Å². The number of thiophene rings is 1. The van der Waals surface area contributed by atoms with Gasteiger partial charge >= 0.3 is 0 Å². The number of benzene rings is 2. The first-order valence-electron chi connectivity index (χ1n) is 7.97. The number of para-hydroxylation sites is 1. The maximum Gasteiger partial charge on any atom is 0.152 e. The molecule has 4 heteroatoms. The van der Waals surface area contributed by atoms with E-state index >= 15 is 0 Å². The molecule has 2 aromatic carbocycles. The first kappa shape index (κ1) is 15.4. The average Bonchev–Trinajstić information content (AvgIpc) is 3.30. The summed E-state index contributed by atoms with van der Waals surface area (Å²) < 4.78 is 1.74. The van der Waals surface area contributed by atoms with Crippen LogP contribution >= 0.6 is 11.3 Å². The number of aromatic nitrogens is 2. The van der Waals surface area contributed by atoms with E-state index in [-0.39, 0.29) is 0 Å². The van der Waals surface area contributed by atoms with Crippen LogP contribution < -0.4 is 0 Å². The van der Waals surface area contributed by atoms with E-state index in [0.29, 0.717) is 5.69 Å². The van der Waals surface area contributed by atoms with Crippen LogP contribution in [0.15, 0.2) is 72.1 Å². The Labute approximate surface area is 150 Å². The van der Waals surface area contributed by atoms with Crippen LogP contribution in [0.3, 0.4) is 0 Å². The minimum absolute atomic E-state index is 0.554. The molecule has 0 saturated heterocycles. The summed E-state index contributed by atoms with van der Waals surface area (Å²) in [6.45, 7) is 2.06. The lowest BCUT2D eigenvalue weighted by molar-refractivity contribution is 0.871. The second-order valence-electron chi connectivity index (χ2n) is 5.77. The second-order valence-corrected chi connectivity index (χ2v) is 6.72. The summed E-state index contributed by atoms with van der Waals surface area (Å²) in [4.78, 5) is 1.06. The highest BCUT2D eigenvalue weighted by molar-refractivity contribution is 7.13. The van der Waals surface area contributed by atoms with Crippen LogP contribution in [0.1, 0.15) is 11.3 Å². The van der Waals surface area contributed by atoms with Crippen molar-refractivity contribution in [2.24, 2.45) is 0 Å². The van der Waals surface area contributed by atoms with E-state index in [4.69, 9.17) is 5.10 Å². The quantitative estimate of drug-likeness (QED) is 0.497. The molecule has 0 aliphatic heterocycles. The molecule has 4 rings (SSSR count). The van der Waals surface area contributed by atoms with Gasteiger partial charge in [0.1, 0.15) is 11.8 Å². The lowest BCUT2D eigenvalue weighted by atomic mass is 10.0. The van der Waals surface area contributed by atoms with Crippen molar-refractivity contribution in [2.75, 3.05) is 0 Å². The summed E-state index contributed by atoms with van der Waals surface area (Å²) >= 11 is 1.63. The molecule has 0 unspecified atom stereocenters. The Morgan fingerprint density at radius 2 is 1.72 bits per heavy atom. The summed E-state index contributed by atoms with van der Waals surface area (Å²) in [7, 11) is 0. The number of nitrogens with zero attached hydrogens (tertiary/aromatic N) is 3. The molecule has 0 aliphatic carbocycles. The molecule has 0 amide bonds. The van der Waals surface area contributed by atoms with E-state index < -0.39 is 0 Å². The van der Waals surface area contributed by atoms with Crippen LogP contribution in [-0.4, -0.2) is 9.78 Å². The molecule has 0 radical (unpaired) electrons. The van der Waals surface area contributed by atoms with E-state index in [1.165, 1.54) is 5.56 Å². The van der Waals surface area contributed by atoms with Crippen LogP contribution in [0, 0.1) is 18.3 Å². The Morgan fingerprint density at radius 1 is 0.960 bits per heavy atom. The van der Waals surface area contributed by atoms with Crippen LogP contribution in [-0.2, 0) is 0 Å². The van der Waals surface area contributed by atoms with Gasteiger partial charge in [-0.15, -0.1) is 11.3 Å². The van der Waals surface area contributed by atoms with Crippen LogP contribution in [0.4, 0.5) is 0 Å². The van der Waals surface area contributed by atoms with E-state index in [0.717, 1.165) is 27.4 Å². The maximum absolute atomic E-state index is 9.88. The van der Waals surface area contributed by atoms with Crippen molar-refractivity contribution in [3.8, 4) is 33.5 Å². The van der Waals surface area contributed by atoms with Gasteiger partial charge in [0.05, 0.1) is 10.6 Å². The van der Waals surface area contributed by atoms with E-state index in [1.807, 2.05) is 47.8 Å². The highest BCUT2D eigenvalue weighted by Gasteiger charge is 2.22. The minimum atomic E-state index is 0.554. The highest BCUT2D eigenvalue weighted by atomic mass is 32.1. The van der Waals surface area contributed by atoms with Crippen molar-refractivity contribution in [1.29, 1.82) is 5.26 Å². The molecular weight excluding hydrogens is 326 g/mol. The van der Waals surface area contributed by atoms with Crippen LogP contribution in [0.25, 0.3) is 27.4 Å². The second kappa shape index (κ2) is 6.39. The fraction of sp³-hybridized carbons (Fsp3) is 0.0476. The standard InChI is InChI=1S/C21H15N3S/c1-15-9-11-16(12-10-15)20-18(14-22)24(17-6-3-2-4-7-17)23-21(20)19-8-5-13-25-19/h2-13H,1H3. The lowest BCUT2D eigenvalue weighted by Crippen LogP contribution is -1.99. The SMILES string of the molecule is Cc1ccc(-c2c(-c3cccs3)nn(-c3ccccc3)c2C#N)cc1. The normalized spacial score (nSPS) is 10.6. The van der Waals surface area contributed by atoms with Gasteiger partial charge in [-0.25, -0.2) is 4.68 Å². The fourth-order valence-corrected chi connectivity index (χ4v) is 3.57. The van der Waals surface area contributed by atoms with Crippen molar-refractivity contribution in [3.63, 3.8) is 0 Å². The number of rotatable bonds is 3. The molecule has 2 heterocycles. The first-order chi connectivity index (χ1) is 12.3. The van der Waals surface area contributed by atoms with Crippen molar-refractivity contribution >= 4 is 11.3 Å². The Morgan fingerprint density at radius 3 is 2.36 bits per heavy atom. The topological polar surface area (TPSA) is 41.6 Å². The zero-order chi connectivity index (χ0) is 17.2. The van der Waals surface area contributed by atoms with Crippen molar-refractivity contribution in [2.45, 2.75) is 6.92 Å². The van der Waals surface area contributed by atoms with Crippen molar-refractivity contribution < 1.29 is 0 Å². The summed E-state index contributed by atoms with van der Waals surface area (Å²) in [5, 5.41) is 16.7. The molecule has 0 N–H and O–H groups in total. The third-order valence-electron chi connectivity index (χ3n) is 4.09. The van der Waals surface area contributed by atoms with Gasteiger partial charge in [-0.3, -0.25) is 0 Å². The molecule has 4 aromatic rings. The lowest BCUT2D eigenvalue weighted by Gasteiger charge is -2.04. The first-order valence-corrected chi connectivity index (χ1v) is 8.85. The number of hydrogen-bond donors (Lipinski definition) is 0. The summed E-state index contributed by atoms with van der Waals surface area (Å²) in [6.07, 6.45) is 0. The van der Waals surface area contributed by atoms with Crippen LogP contribution in [0.5, 0.6) is 0 Å². The Kier molecular flexibility index (Phi) is 3.93. The zero-order valence-electron chi connectivity index (χ0n) is 13.7. The Hall–Kier alpha value is -3.16. The summed E-state index contributed by atoms with van der Waals surface area (Å²) in [6, 6.07) is 24.4. The number of aryl methyl sites for hydroxylation is 1. The van der Waals surface area contributed by atoms with E-state index in [9.17, 15) is 5.26 Å². The van der Waals surface area contributed by atoms with Crippen molar-refractivity contribution in [3.05, 3.63) is 83.4 Å². The van der Waals surface area contributed by atoms with Crippen molar-refractivity contribution in [1.82, 2.24) is 9.78 Å². The molecule has 0 atom stereocenters. The third kappa shape index (κ3) is 2.75. The fourth-order valence-electron chi connectivity index (χ4n) is 2.86. The summed E-state index contributed by atoms with van der Waals surface area (Å²) in [5.41, 5.74) is 5.37. The molecule has 120 valence electrons. The number of nitriles is 1. The van der Waals surface area contributed by atoms with Crippen LogP contribution in [0.2, 0.25) is 0 Å². The molecule has 0 spiro atoms. The summed E-state index contributed by atoms with van der Waals surface area (Å²) in [5.74, 6) is 0. The zero-order valence-corrected chi connectivity index (χ0v) is 14.5. The van der Waals surface area contributed by atoms with Gasteiger partial charge in [-0.05, 0) is 36.1 Å². The minimum Gasteiger partial charge on any atom is -0.222 e. The molecule has 0 bridgehead atoms. The van der Waals surface area contributed by atoms with Gasteiger partial charge < -0.3 is 0 Å². The Balaban J connectivity index is 2.02. The molecule has 0 aliphatic rings. The largest absolute Gasteiger partial charge is 0.222 e. The monoisotopic (exact) mass is 341 g/mol. The average molecular weight is 341 g/mol. The number of hydrogen-bond acceptors (Lipinski definition) is 3. The molecule has 25 heavy (non-hydrogen) atoms. The van der Waals surface area contributed by atoms with Gasteiger partial charge in [0.2, 0.25) is 0 Å². The maximum atomic E-state index is 9.88. The predicted octanol–water partition coefficient (Wildman–Crippen LogP) is 5.45. The van der Waals surface area contributed by atoms with Gasteiger partial charge in [0.25, 0.3) is 0 Å². The van der Waals surface area contributed by atoms with Gasteiger partial charge in [-0.1, -0.05) is 54.1 Å². The molecule has 0 fully saturated rings. The molecule has 0 saturated carbocycles. The van der Waals surface area contributed by atoms with E-state index in [2.05, 4.69) is 37.3 Å². The Bertz CT molecular complexity index is 1040. The highest BCUT2D eigenvalue weighted by Crippen LogP contribution is 2.37.